The Labute approximate surface area is 121 Å². The van der Waals surface area contributed by atoms with E-state index in [1.165, 1.54) is 25.7 Å². The van der Waals surface area contributed by atoms with E-state index >= 15 is 0 Å². The monoisotopic (exact) mass is 275 g/mol. The highest BCUT2D eigenvalue weighted by molar-refractivity contribution is 5.42. The normalized spacial score (nSPS) is 28.4. The second-order valence-corrected chi connectivity index (χ2v) is 5.99. The lowest BCUT2D eigenvalue weighted by molar-refractivity contribution is 0.344. The zero-order valence-corrected chi connectivity index (χ0v) is 12.5. The lowest BCUT2D eigenvalue weighted by atomic mass is 9.98. The largest absolute Gasteiger partial charge is 0.481 e. The molecule has 0 spiro atoms. The maximum Gasteiger partial charge on any atom is 0.214 e. The van der Waals surface area contributed by atoms with Gasteiger partial charge in [-0.05, 0) is 38.2 Å². The van der Waals surface area contributed by atoms with Crippen LogP contribution in [-0.4, -0.2) is 36.8 Å². The van der Waals surface area contributed by atoms with E-state index in [1.807, 2.05) is 12.1 Å². The molecule has 3 heterocycles. The summed E-state index contributed by atoms with van der Waals surface area (Å²) < 4.78 is 5.27. The molecule has 2 saturated heterocycles. The molecule has 0 aromatic carbocycles. The summed E-state index contributed by atoms with van der Waals surface area (Å²) in [5, 5.41) is 3.72. The van der Waals surface area contributed by atoms with Gasteiger partial charge in [0.1, 0.15) is 5.82 Å². The molecule has 0 aliphatic carbocycles. The van der Waals surface area contributed by atoms with Gasteiger partial charge in [0.2, 0.25) is 5.88 Å². The number of fused-ring (bicyclic) bond motifs is 2. The molecule has 1 N–H and O–H groups in total. The van der Waals surface area contributed by atoms with E-state index in [0.717, 1.165) is 18.8 Å². The fraction of sp³-hybridized carbons (Fsp3) is 0.688. The number of rotatable bonds is 5. The van der Waals surface area contributed by atoms with Crippen molar-refractivity contribution in [1.29, 1.82) is 0 Å². The number of ether oxygens (including phenoxy) is 1. The van der Waals surface area contributed by atoms with Gasteiger partial charge in [-0.25, -0.2) is 0 Å². The molecule has 2 fully saturated rings. The highest BCUT2D eigenvalue weighted by atomic mass is 16.5. The predicted molar refractivity (Wildman–Crippen MR) is 81.4 cm³/mol. The van der Waals surface area contributed by atoms with E-state index in [1.54, 1.807) is 7.11 Å². The first-order valence-electron chi connectivity index (χ1n) is 7.84. The number of aromatic nitrogens is 1. The highest BCUT2D eigenvalue weighted by Gasteiger charge is 2.36. The van der Waals surface area contributed by atoms with Crippen molar-refractivity contribution < 1.29 is 4.74 Å². The molecule has 2 aliphatic rings. The topological polar surface area (TPSA) is 37.4 Å². The van der Waals surface area contributed by atoms with Crippen LogP contribution in [0.1, 0.15) is 39.0 Å². The average molecular weight is 275 g/mol. The van der Waals surface area contributed by atoms with Crippen LogP contribution in [0.2, 0.25) is 0 Å². The molecule has 20 heavy (non-hydrogen) atoms. The maximum atomic E-state index is 5.27. The number of hydrogen-bond acceptors (Lipinski definition) is 4. The number of pyridine rings is 1. The lowest BCUT2D eigenvalue weighted by Crippen LogP contribution is -2.48. The van der Waals surface area contributed by atoms with Gasteiger partial charge in [-0.3, -0.25) is 0 Å². The van der Waals surface area contributed by atoms with Crippen LogP contribution in [-0.2, 0) is 0 Å². The van der Waals surface area contributed by atoms with Gasteiger partial charge < -0.3 is 15.0 Å². The Bertz CT molecular complexity index is 439. The summed E-state index contributed by atoms with van der Waals surface area (Å²) in [6.07, 6.45) is 6.32. The summed E-state index contributed by atoms with van der Waals surface area (Å²) in [4.78, 5) is 7.13. The van der Waals surface area contributed by atoms with Crippen molar-refractivity contribution in [2.75, 3.05) is 18.6 Å². The quantitative estimate of drug-likeness (QED) is 0.896. The number of hydrogen-bond donors (Lipinski definition) is 1. The predicted octanol–water partition coefficient (Wildman–Crippen LogP) is 2.59. The Morgan fingerprint density at radius 2 is 2.05 bits per heavy atom. The van der Waals surface area contributed by atoms with E-state index in [9.17, 15) is 0 Å². The Kier molecular flexibility index (Phi) is 4.10. The van der Waals surface area contributed by atoms with E-state index in [-0.39, 0.29) is 0 Å². The van der Waals surface area contributed by atoms with Gasteiger partial charge in [-0.15, -0.1) is 0 Å². The summed E-state index contributed by atoms with van der Waals surface area (Å²) in [6.45, 7) is 3.31. The first-order valence-corrected chi connectivity index (χ1v) is 7.84. The molecule has 2 bridgehead atoms. The van der Waals surface area contributed by atoms with Crippen molar-refractivity contribution in [1.82, 2.24) is 10.3 Å². The van der Waals surface area contributed by atoms with Gasteiger partial charge in [0, 0.05) is 30.7 Å². The standard InChI is InChI=1S/C16H25N3O/c1-3-9-19(15-5-4-6-16(18-15)20-2)14-10-12-7-8-13(11-14)17-12/h4-6,12-14,17H,3,7-11H2,1-2H3. The van der Waals surface area contributed by atoms with E-state index in [0.29, 0.717) is 24.0 Å². The SMILES string of the molecule is CCCN(c1cccc(OC)n1)C1CC2CCC(C1)N2. The van der Waals surface area contributed by atoms with Crippen LogP contribution in [0, 0.1) is 0 Å². The number of methoxy groups -OCH3 is 1. The Balaban J connectivity index is 1.80. The molecule has 1 aromatic heterocycles. The summed E-state index contributed by atoms with van der Waals surface area (Å²) >= 11 is 0. The Morgan fingerprint density at radius 3 is 2.70 bits per heavy atom. The lowest BCUT2D eigenvalue weighted by Gasteiger charge is -2.38. The Hall–Kier alpha value is -1.29. The minimum Gasteiger partial charge on any atom is -0.481 e. The zero-order valence-electron chi connectivity index (χ0n) is 12.5. The summed E-state index contributed by atoms with van der Waals surface area (Å²) in [7, 11) is 1.68. The first kappa shape index (κ1) is 13.7. The third-order valence-electron chi connectivity index (χ3n) is 4.57. The van der Waals surface area contributed by atoms with Crippen LogP contribution in [0.3, 0.4) is 0 Å². The molecular weight excluding hydrogens is 250 g/mol. The van der Waals surface area contributed by atoms with Gasteiger partial charge >= 0.3 is 0 Å². The molecule has 2 atom stereocenters. The van der Waals surface area contributed by atoms with Crippen molar-refractivity contribution in [2.24, 2.45) is 0 Å². The van der Waals surface area contributed by atoms with E-state index in [2.05, 4.69) is 28.2 Å². The van der Waals surface area contributed by atoms with Gasteiger partial charge in [0.25, 0.3) is 0 Å². The molecular formula is C16H25N3O. The summed E-state index contributed by atoms with van der Waals surface area (Å²) in [5.74, 6) is 1.78. The molecule has 0 saturated carbocycles. The maximum absolute atomic E-state index is 5.27. The van der Waals surface area contributed by atoms with Gasteiger partial charge in [0.15, 0.2) is 0 Å². The zero-order chi connectivity index (χ0) is 13.9. The van der Waals surface area contributed by atoms with Crippen molar-refractivity contribution in [2.45, 2.75) is 57.2 Å². The molecule has 1 aromatic rings. The van der Waals surface area contributed by atoms with Crippen molar-refractivity contribution >= 4 is 5.82 Å². The molecule has 4 nitrogen and oxygen atoms in total. The van der Waals surface area contributed by atoms with Gasteiger partial charge in [-0.2, -0.15) is 4.98 Å². The molecule has 110 valence electrons. The molecule has 3 rings (SSSR count). The van der Waals surface area contributed by atoms with Crippen LogP contribution in [0.15, 0.2) is 18.2 Å². The molecule has 0 amide bonds. The van der Waals surface area contributed by atoms with Crippen molar-refractivity contribution in [3.63, 3.8) is 0 Å². The second kappa shape index (κ2) is 6.00. The van der Waals surface area contributed by atoms with Gasteiger partial charge in [0.05, 0.1) is 7.11 Å². The number of nitrogens with zero attached hydrogens (tertiary/aromatic N) is 2. The van der Waals surface area contributed by atoms with E-state index in [4.69, 9.17) is 4.74 Å². The van der Waals surface area contributed by atoms with Crippen LogP contribution < -0.4 is 15.0 Å². The van der Waals surface area contributed by atoms with Crippen LogP contribution >= 0.6 is 0 Å². The number of piperidine rings is 1. The van der Waals surface area contributed by atoms with Crippen LogP contribution in [0.4, 0.5) is 5.82 Å². The highest BCUT2D eigenvalue weighted by Crippen LogP contribution is 2.32. The minimum atomic E-state index is 0.619. The fourth-order valence-electron chi connectivity index (χ4n) is 3.68. The number of nitrogens with one attached hydrogen (secondary N) is 1. The third-order valence-corrected chi connectivity index (χ3v) is 4.57. The van der Waals surface area contributed by atoms with Crippen LogP contribution in [0.5, 0.6) is 5.88 Å². The molecule has 2 aliphatic heterocycles. The van der Waals surface area contributed by atoms with E-state index < -0.39 is 0 Å². The average Bonchev–Trinajstić information content (AvgIpc) is 2.83. The molecule has 2 unspecified atom stereocenters. The fourth-order valence-corrected chi connectivity index (χ4v) is 3.68. The smallest absolute Gasteiger partial charge is 0.214 e. The first-order chi connectivity index (χ1) is 9.80. The van der Waals surface area contributed by atoms with Crippen molar-refractivity contribution in [3.05, 3.63) is 18.2 Å². The van der Waals surface area contributed by atoms with Gasteiger partial charge in [-0.1, -0.05) is 13.0 Å². The Morgan fingerprint density at radius 1 is 1.30 bits per heavy atom. The minimum absolute atomic E-state index is 0.619. The van der Waals surface area contributed by atoms with Crippen molar-refractivity contribution in [3.8, 4) is 5.88 Å². The molecule has 0 radical (unpaired) electrons. The second-order valence-electron chi connectivity index (χ2n) is 5.99. The third kappa shape index (κ3) is 2.75. The number of anilines is 1. The molecule has 4 heteroatoms. The van der Waals surface area contributed by atoms with Crippen LogP contribution in [0.25, 0.3) is 0 Å². The summed E-state index contributed by atoms with van der Waals surface area (Å²) in [6, 6.07) is 8.11. The summed E-state index contributed by atoms with van der Waals surface area (Å²) in [5.41, 5.74) is 0.